The van der Waals surface area contributed by atoms with E-state index < -0.39 is 15.8 Å². The van der Waals surface area contributed by atoms with Crippen LogP contribution in [0.1, 0.15) is 17.3 Å². The SMILES string of the molecule is CCOCCOc1ccccc1C(=O)N1CCN(S(=O)(=O)c2ccc(F)c(Cl)c2)CC1. The average molecular weight is 471 g/mol. The zero-order valence-corrected chi connectivity index (χ0v) is 18.7. The second-order valence-corrected chi connectivity index (χ2v) is 9.16. The predicted octanol–water partition coefficient (Wildman–Crippen LogP) is 3.04. The van der Waals surface area contributed by atoms with Gasteiger partial charge in [-0.1, -0.05) is 23.7 Å². The number of para-hydroxylation sites is 1. The van der Waals surface area contributed by atoms with Gasteiger partial charge in [0.25, 0.3) is 5.91 Å². The maximum absolute atomic E-state index is 13.4. The van der Waals surface area contributed by atoms with E-state index in [0.717, 1.165) is 12.1 Å². The van der Waals surface area contributed by atoms with Crippen molar-refractivity contribution < 1.29 is 27.1 Å². The van der Waals surface area contributed by atoms with Crippen LogP contribution in [0.3, 0.4) is 0 Å². The van der Waals surface area contributed by atoms with Crippen LogP contribution in [0.2, 0.25) is 5.02 Å². The minimum atomic E-state index is -3.84. The molecule has 0 aliphatic carbocycles. The highest BCUT2D eigenvalue weighted by molar-refractivity contribution is 7.89. The van der Waals surface area contributed by atoms with Crippen LogP contribution in [0.15, 0.2) is 47.4 Å². The lowest BCUT2D eigenvalue weighted by molar-refractivity contribution is 0.0688. The monoisotopic (exact) mass is 470 g/mol. The fourth-order valence-electron chi connectivity index (χ4n) is 3.21. The highest BCUT2D eigenvalue weighted by Gasteiger charge is 2.31. The van der Waals surface area contributed by atoms with E-state index in [1.807, 2.05) is 6.92 Å². The number of carbonyl (C=O) groups is 1. The largest absolute Gasteiger partial charge is 0.490 e. The number of ether oxygens (including phenoxy) is 2. The molecule has 10 heteroatoms. The van der Waals surface area contributed by atoms with Crippen molar-refractivity contribution in [1.82, 2.24) is 9.21 Å². The number of sulfonamides is 1. The third-order valence-corrected chi connectivity index (χ3v) is 7.05. The highest BCUT2D eigenvalue weighted by Crippen LogP contribution is 2.25. The first-order chi connectivity index (χ1) is 14.8. The number of benzene rings is 2. The quantitative estimate of drug-likeness (QED) is 0.554. The Labute approximate surface area is 186 Å². The van der Waals surface area contributed by atoms with Crippen molar-refractivity contribution in [3.63, 3.8) is 0 Å². The summed E-state index contributed by atoms with van der Waals surface area (Å²) in [5.41, 5.74) is 0.417. The Morgan fingerprint density at radius 2 is 1.81 bits per heavy atom. The fraction of sp³-hybridized carbons (Fsp3) is 0.381. The molecule has 1 amide bonds. The van der Waals surface area contributed by atoms with E-state index in [0.29, 0.717) is 31.1 Å². The third kappa shape index (κ3) is 5.54. The van der Waals surface area contributed by atoms with Crippen molar-refractivity contribution in [2.75, 3.05) is 46.0 Å². The second kappa shape index (κ2) is 10.4. The molecule has 31 heavy (non-hydrogen) atoms. The van der Waals surface area contributed by atoms with Gasteiger partial charge in [-0.15, -0.1) is 0 Å². The maximum atomic E-state index is 13.4. The van der Waals surface area contributed by atoms with E-state index in [9.17, 15) is 17.6 Å². The van der Waals surface area contributed by atoms with Gasteiger partial charge in [-0.3, -0.25) is 4.79 Å². The molecule has 0 saturated carbocycles. The molecule has 7 nitrogen and oxygen atoms in total. The Kier molecular flexibility index (Phi) is 7.88. The van der Waals surface area contributed by atoms with Gasteiger partial charge in [0.2, 0.25) is 10.0 Å². The summed E-state index contributed by atoms with van der Waals surface area (Å²) < 4.78 is 51.2. The lowest BCUT2D eigenvalue weighted by atomic mass is 10.1. The van der Waals surface area contributed by atoms with E-state index in [1.54, 1.807) is 29.2 Å². The molecule has 0 atom stereocenters. The third-order valence-electron chi connectivity index (χ3n) is 4.86. The van der Waals surface area contributed by atoms with Gasteiger partial charge in [-0.25, -0.2) is 12.8 Å². The lowest BCUT2D eigenvalue weighted by Crippen LogP contribution is -2.50. The first-order valence-electron chi connectivity index (χ1n) is 9.88. The summed E-state index contributed by atoms with van der Waals surface area (Å²) in [6.45, 7) is 3.91. The Bertz CT molecular complexity index is 1030. The predicted molar refractivity (Wildman–Crippen MR) is 115 cm³/mol. The van der Waals surface area contributed by atoms with E-state index in [2.05, 4.69) is 0 Å². The fourth-order valence-corrected chi connectivity index (χ4v) is 4.91. The second-order valence-electron chi connectivity index (χ2n) is 6.81. The number of carbonyl (C=O) groups excluding carboxylic acids is 1. The van der Waals surface area contributed by atoms with Gasteiger partial charge in [0, 0.05) is 32.8 Å². The molecule has 1 saturated heterocycles. The van der Waals surface area contributed by atoms with Crippen molar-refractivity contribution in [2.24, 2.45) is 0 Å². The molecule has 3 rings (SSSR count). The number of amides is 1. The molecule has 0 aromatic heterocycles. The molecule has 1 heterocycles. The number of nitrogens with zero attached hydrogens (tertiary/aromatic N) is 2. The van der Waals surface area contributed by atoms with Crippen LogP contribution < -0.4 is 4.74 Å². The molecule has 0 spiro atoms. The first-order valence-corrected chi connectivity index (χ1v) is 11.7. The van der Waals surface area contributed by atoms with Crippen LogP contribution in [-0.2, 0) is 14.8 Å². The number of hydrogen-bond acceptors (Lipinski definition) is 5. The molecule has 168 valence electrons. The summed E-state index contributed by atoms with van der Waals surface area (Å²) >= 11 is 5.73. The van der Waals surface area contributed by atoms with Crippen LogP contribution in [0.4, 0.5) is 4.39 Å². The zero-order chi connectivity index (χ0) is 22.4. The Balaban J connectivity index is 1.65. The van der Waals surface area contributed by atoms with Gasteiger partial charge in [0.1, 0.15) is 18.2 Å². The number of halogens is 2. The van der Waals surface area contributed by atoms with E-state index in [1.165, 1.54) is 10.4 Å². The van der Waals surface area contributed by atoms with E-state index in [4.69, 9.17) is 21.1 Å². The van der Waals surface area contributed by atoms with Crippen molar-refractivity contribution in [3.8, 4) is 5.75 Å². The molecular formula is C21H24ClFN2O5S. The minimum Gasteiger partial charge on any atom is -0.490 e. The molecular weight excluding hydrogens is 447 g/mol. The van der Waals surface area contributed by atoms with Gasteiger partial charge in [0.15, 0.2) is 0 Å². The number of piperazine rings is 1. The van der Waals surface area contributed by atoms with Gasteiger partial charge in [0.05, 0.1) is 22.1 Å². The molecule has 1 aliphatic heterocycles. The Hall–Kier alpha value is -2.20. The van der Waals surface area contributed by atoms with Crippen molar-refractivity contribution >= 4 is 27.5 Å². The molecule has 0 radical (unpaired) electrons. The van der Waals surface area contributed by atoms with Crippen LogP contribution in [0.5, 0.6) is 5.75 Å². The van der Waals surface area contributed by atoms with Gasteiger partial charge in [-0.05, 0) is 37.3 Å². The summed E-state index contributed by atoms with van der Waals surface area (Å²) in [6, 6.07) is 10.2. The standard InChI is InChI=1S/C21H24ClFN2O5S/c1-2-29-13-14-30-20-6-4-3-5-17(20)21(26)24-9-11-25(12-10-24)31(27,28)16-7-8-19(23)18(22)15-16/h3-8,15H,2,9-14H2,1H3. The molecule has 2 aromatic carbocycles. The van der Waals surface area contributed by atoms with Gasteiger partial charge >= 0.3 is 0 Å². The van der Waals surface area contributed by atoms with E-state index >= 15 is 0 Å². The maximum Gasteiger partial charge on any atom is 0.257 e. The molecule has 0 N–H and O–H groups in total. The van der Waals surface area contributed by atoms with Crippen molar-refractivity contribution in [3.05, 3.63) is 58.9 Å². The average Bonchev–Trinajstić information content (AvgIpc) is 2.78. The van der Waals surface area contributed by atoms with Crippen LogP contribution in [-0.4, -0.2) is 69.5 Å². The lowest BCUT2D eigenvalue weighted by Gasteiger charge is -2.34. The summed E-state index contributed by atoms with van der Waals surface area (Å²) in [4.78, 5) is 14.5. The van der Waals surface area contributed by atoms with Crippen molar-refractivity contribution in [1.29, 1.82) is 0 Å². The van der Waals surface area contributed by atoms with Crippen LogP contribution in [0.25, 0.3) is 0 Å². The zero-order valence-electron chi connectivity index (χ0n) is 17.1. The summed E-state index contributed by atoms with van der Waals surface area (Å²) in [5.74, 6) is -0.449. The van der Waals surface area contributed by atoms with E-state index in [-0.39, 0.29) is 42.0 Å². The molecule has 1 fully saturated rings. The van der Waals surface area contributed by atoms with Gasteiger partial charge in [-0.2, -0.15) is 4.31 Å². The summed E-state index contributed by atoms with van der Waals surface area (Å²) in [7, 11) is -3.84. The van der Waals surface area contributed by atoms with Crippen LogP contribution >= 0.6 is 11.6 Å². The summed E-state index contributed by atoms with van der Waals surface area (Å²) in [6.07, 6.45) is 0. The first kappa shape index (κ1) is 23.5. The number of hydrogen-bond donors (Lipinski definition) is 0. The highest BCUT2D eigenvalue weighted by atomic mass is 35.5. The Morgan fingerprint density at radius 3 is 2.48 bits per heavy atom. The normalized spacial score (nSPS) is 15.1. The van der Waals surface area contributed by atoms with Crippen LogP contribution in [0, 0.1) is 5.82 Å². The molecule has 0 unspecified atom stereocenters. The number of rotatable bonds is 8. The minimum absolute atomic E-state index is 0.0771. The smallest absolute Gasteiger partial charge is 0.257 e. The molecule has 2 aromatic rings. The van der Waals surface area contributed by atoms with Gasteiger partial charge < -0.3 is 14.4 Å². The topological polar surface area (TPSA) is 76.2 Å². The molecule has 1 aliphatic rings. The molecule has 0 bridgehead atoms. The van der Waals surface area contributed by atoms with Crippen molar-refractivity contribution in [2.45, 2.75) is 11.8 Å². The Morgan fingerprint density at radius 1 is 1.10 bits per heavy atom. The summed E-state index contributed by atoms with van der Waals surface area (Å²) in [5, 5.41) is -0.254.